The van der Waals surface area contributed by atoms with Gasteiger partial charge in [0.25, 0.3) is 0 Å². The summed E-state index contributed by atoms with van der Waals surface area (Å²) in [5, 5.41) is 10.2. The Labute approximate surface area is 115 Å². The average Bonchev–Trinajstić information content (AvgIpc) is 2.76. The third-order valence-electron chi connectivity index (χ3n) is 2.94. The molecule has 2 N–H and O–H groups in total. The lowest BCUT2D eigenvalue weighted by atomic mass is 10.2. The Morgan fingerprint density at radius 1 is 1.21 bits per heavy atom. The number of benzene rings is 1. The van der Waals surface area contributed by atoms with Crippen molar-refractivity contribution in [1.82, 2.24) is 20.2 Å². The predicted octanol–water partition coefficient (Wildman–Crippen LogP) is 0.743. The molecule has 1 aromatic carbocycles. The molecule has 0 saturated heterocycles. The van der Waals surface area contributed by atoms with E-state index in [9.17, 15) is 0 Å². The highest BCUT2D eigenvalue weighted by atomic mass is 32.2. The van der Waals surface area contributed by atoms with Crippen molar-refractivity contribution in [1.29, 1.82) is 0 Å². The summed E-state index contributed by atoms with van der Waals surface area (Å²) < 4.78 is 0. The van der Waals surface area contributed by atoms with Crippen molar-refractivity contribution >= 4 is 33.8 Å². The molecule has 2 heterocycles. The topological polar surface area (TPSA) is 58.9 Å². The molecule has 19 heavy (non-hydrogen) atoms. The van der Waals surface area contributed by atoms with E-state index in [4.69, 9.17) is 0 Å². The van der Waals surface area contributed by atoms with Gasteiger partial charge in [-0.2, -0.15) is 0 Å². The summed E-state index contributed by atoms with van der Waals surface area (Å²) >= 11 is 1.66. The zero-order valence-electron chi connectivity index (χ0n) is 11.0. The third-order valence-corrected chi connectivity index (χ3v) is 3.78. The first-order valence-electron chi connectivity index (χ1n) is 6.27. The summed E-state index contributed by atoms with van der Waals surface area (Å²) in [6.07, 6.45) is 0. The quantitative estimate of drug-likeness (QED) is 0.689. The van der Waals surface area contributed by atoms with Gasteiger partial charge in [-0.1, -0.05) is 30.0 Å². The van der Waals surface area contributed by atoms with Crippen LogP contribution in [-0.4, -0.2) is 46.6 Å². The van der Waals surface area contributed by atoms with Gasteiger partial charge in [0.15, 0.2) is 5.65 Å². The zero-order valence-corrected chi connectivity index (χ0v) is 11.8. The predicted molar refractivity (Wildman–Crippen MR) is 77.6 cm³/mol. The van der Waals surface area contributed by atoms with Crippen LogP contribution in [-0.2, 0) is 0 Å². The molecule has 0 saturated carbocycles. The molecule has 0 unspecified atom stereocenters. The van der Waals surface area contributed by atoms with Gasteiger partial charge in [0, 0.05) is 10.9 Å². The van der Waals surface area contributed by atoms with Crippen LogP contribution in [0.2, 0.25) is 0 Å². The molecular formula is C13H16N5S+. The molecular weight excluding hydrogens is 258 g/mol. The molecule has 0 bridgehead atoms. The van der Waals surface area contributed by atoms with Crippen LogP contribution in [0.4, 0.5) is 0 Å². The number of para-hydroxylation sites is 1. The first-order valence-corrected chi connectivity index (χ1v) is 7.25. The number of nitrogens with one attached hydrogen (secondary N) is 2. The van der Waals surface area contributed by atoms with Crippen LogP contribution in [0.3, 0.4) is 0 Å². The van der Waals surface area contributed by atoms with Gasteiger partial charge in [0.05, 0.1) is 26.4 Å². The molecule has 98 valence electrons. The van der Waals surface area contributed by atoms with Crippen LogP contribution in [0, 0.1) is 0 Å². The van der Waals surface area contributed by atoms with Crippen molar-refractivity contribution in [2.24, 2.45) is 0 Å². The molecule has 6 heteroatoms. The molecule has 3 rings (SSSR count). The van der Waals surface area contributed by atoms with Gasteiger partial charge in [0.1, 0.15) is 5.52 Å². The smallest absolute Gasteiger partial charge is 0.210 e. The van der Waals surface area contributed by atoms with E-state index in [1.165, 1.54) is 4.90 Å². The molecule has 0 aliphatic rings. The lowest BCUT2D eigenvalue weighted by Gasteiger charge is -2.05. The number of hydrogen-bond acceptors (Lipinski definition) is 4. The first kappa shape index (κ1) is 12.4. The van der Waals surface area contributed by atoms with Gasteiger partial charge in [-0.25, -0.2) is 4.98 Å². The highest BCUT2D eigenvalue weighted by Crippen LogP contribution is 2.23. The summed E-state index contributed by atoms with van der Waals surface area (Å²) in [7, 11) is 4.28. The Hall–Kier alpha value is -1.66. The Morgan fingerprint density at radius 2 is 2.05 bits per heavy atom. The zero-order chi connectivity index (χ0) is 13.2. The monoisotopic (exact) mass is 274 g/mol. The van der Waals surface area contributed by atoms with Gasteiger partial charge in [-0.05, 0) is 6.07 Å². The number of thioether (sulfide) groups is 1. The molecule has 2 aromatic heterocycles. The Kier molecular flexibility index (Phi) is 3.35. The number of rotatable bonds is 4. The third kappa shape index (κ3) is 2.54. The second-order valence-corrected chi connectivity index (χ2v) is 5.83. The Bertz CT molecular complexity index is 706. The van der Waals surface area contributed by atoms with E-state index in [1.54, 1.807) is 11.8 Å². The fourth-order valence-corrected chi connectivity index (χ4v) is 2.86. The summed E-state index contributed by atoms with van der Waals surface area (Å²) in [5.74, 6) is 0.998. The van der Waals surface area contributed by atoms with Gasteiger partial charge < -0.3 is 9.88 Å². The maximum Gasteiger partial charge on any atom is 0.210 e. The van der Waals surface area contributed by atoms with Crippen LogP contribution in [0.25, 0.3) is 22.1 Å². The number of hydrogen-bond donors (Lipinski definition) is 2. The van der Waals surface area contributed by atoms with Crippen molar-refractivity contribution in [2.75, 3.05) is 26.4 Å². The summed E-state index contributed by atoms with van der Waals surface area (Å²) in [5.41, 5.74) is 2.72. The summed E-state index contributed by atoms with van der Waals surface area (Å²) in [6, 6.07) is 8.10. The van der Waals surface area contributed by atoms with E-state index in [0.717, 1.165) is 39.5 Å². The van der Waals surface area contributed by atoms with E-state index < -0.39 is 0 Å². The highest BCUT2D eigenvalue weighted by Gasteiger charge is 2.09. The standard InChI is InChI=1S/C13H15N5S/c1-18(2)7-8-19-13-15-11-9-5-3-4-6-10(9)14-12(11)16-17-13/h3-6H,7-8H2,1-2H3,(H,14,16)/p+1. The maximum absolute atomic E-state index is 4.61. The average molecular weight is 274 g/mol. The van der Waals surface area contributed by atoms with E-state index in [1.807, 2.05) is 18.2 Å². The largest absolute Gasteiger partial charge is 0.339 e. The Morgan fingerprint density at radius 3 is 2.89 bits per heavy atom. The van der Waals surface area contributed by atoms with Crippen LogP contribution in [0.1, 0.15) is 0 Å². The van der Waals surface area contributed by atoms with Crippen LogP contribution < -0.4 is 4.90 Å². The second kappa shape index (κ2) is 5.14. The molecule has 5 nitrogen and oxygen atoms in total. The second-order valence-electron chi connectivity index (χ2n) is 4.77. The number of quaternary nitrogens is 1. The normalized spacial score (nSPS) is 11.7. The van der Waals surface area contributed by atoms with E-state index >= 15 is 0 Å². The van der Waals surface area contributed by atoms with Gasteiger partial charge in [-0.15, -0.1) is 10.2 Å². The molecule has 0 amide bonds. The minimum absolute atomic E-state index is 0.749. The molecule has 0 fully saturated rings. The SMILES string of the molecule is C[NH+](C)CCSc1nnc2[nH]c3ccccc3c2n1. The molecule has 3 aromatic rings. The number of fused-ring (bicyclic) bond motifs is 3. The molecule has 0 radical (unpaired) electrons. The number of nitrogens with zero attached hydrogens (tertiary/aromatic N) is 3. The van der Waals surface area contributed by atoms with Gasteiger partial charge >= 0.3 is 0 Å². The minimum Gasteiger partial charge on any atom is -0.339 e. The molecule has 0 spiro atoms. The van der Waals surface area contributed by atoms with Crippen LogP contribution >= 0.6 is 11.8 Å². The fraction of sp³-hybridized carbons (Fsp3) is 0.308. The Balaban J connectivity index is 1.93. The van der Waals surface area contributed by atoms with Crippen molar-refractivity contribution in [2.45, 2.75) is 5.16 Å². The van der Waals surface area contributed by atoms with Gasteiger partial charge in [-0.3, -0.25) is 0 Å². The summed E-state index contributed by atoms with van der Waals surface area (Å²) in [4.78, 5) is 9.26. The van der Waals surface area contributed by atoms with Crippen LogP contribution in [0.5, 0.6) is 0 Å². The van der Waals surface area contributed by atoms with E-state index in [-0.39, 0.29) is 0 Å². The number of aromatic amines is 1. The molecule has 0 atom stereocenters. The van der Waals surface area contributed by atoms with Crippen molar-refractivity contribution < 1.29 is 4.90 Å². The van der Waals surface area contributed by atoms with Crippen molar-refractivity contribution in [3.8, 4) is 0 Å². The lowest BCUT2D eigenvalue weighted by molar-refractivity contribution is -0.855. The van der Waals surface area contributed by atoms with E-state index in [2.05, 4.69) is 40.3 Å². The molecule has 0 aliphatic heterocycles. The van der Waals surface area contributed by atoms with Crippen molar-refractivity contribution in [3.05, 3.63) is 24.3 Å². The minimum atomic E-state index is 0.749. The number of H-pyrrole nitrogens is 1. The summed E-state index contributed by atoms with van der Waals surface area (Å²) in [6.45, 7) is 1.08. The lowest BCUT2D eigenvalue weighted by Crippen LogP contribution is -3.06. The molecule has 0 aliphatic carbocycles. The van der Waals surface area contributed by atoms with Crippen LogP contribution in [0.15, 0.2) is 29.4 Å². The van der Waals surface area contributed by atoms with Gasteiger partial charge in [0.2, 0.25) is 5.16 Å². The number of aromatic nitrogens is 4. The van der Waals surface area contributed by atoms with Crippen molar-refractivity contribution in [3.63, 3.8) is 0 Å². The van der Waals surface area contributed by atoms with E-state index in [0.29, 0.717) is 0 Å². The fourth-order valence-electron chi connectivity index (χ4n) is 1.92. The highest BCUT2D eigenvalue weighted by molar-refractivity contribution is 7.99. The maximum atomic E-state index is 4.61. The first-order chi connectivity index (χ1) is 9.24.